The summed E-state index contributed by atoms with van der Waals surface area (Å²) in [5.74, 6) is -0.173. The number of aromatic nitrogens is 1. The highest BCUT2D eigenvalue weighted by Gasteiger charge is 2.12. The molecule has 0 saturated carbocycles. The molecule has 0 unspecified atom stereocenters. The molecule has 0 atom stereocenters. The molecule has 4 heteroatoms. The van der Waals surface area contributed by atoms with E-state index >= 15 is 0 Å². The van der Waals surface area contributed by atoms with Crippen LogP contribution in [-0.4, -0.2) is 17.4 Å². The summed E-state index contributed by atoms with van der Waals surface area (Å²) in [6.45, 7) is 7.14. The van der Waals surface area contributed by atoms with Gasteiger partial charge in [-0.2, -0.15) is 0 Å². The molecule has 0 aliphatic heterocycles. The number of hydrogen-bond donors (Lipinski definition) is 2. The summed E-state index contributed by atoms with van der Waals surface area (Å²) in [6.07, 6.45) is 4.79. The van der Waals surface area contributed by atoms with Gasteiger partial charge < -0.3 is 10.6 Å². The number of aryl methyl sites for hydroxylation is 2. The second-order valence-corrected chi connectivity index (χ2v) is 5.63. The molecule has 0 bridgehead atoms. The van der Waals surface area contributed by atoms with Gasteiger partial charge in [0.1, 0.15) is 5.69 Å². The number of nitrogens with one attached hydrogen (secondary N) is 2. The fourth-order valence-electron chi connectivity index (χ4n) is 2.45. The van der Waals surface area contributed by atoms with Crippen molar-refractivity contribution in [2.24, 2.45) is 0 Å². The number of para-hydroxylation sites is 1. The summed E-state index contributed by atoms with van der Waals surface area (Å²) in [5, 5.41) is 6.33. The zero-order valence-electron chi connectivity index (χ0n) is 14.1. The van der Waals surface area contributed by atoms with E-state index in [9.17, 15) is 4.79 Å². The summed E-state index contributed by atoms with van der Waals surface area (Å²) < 4.78 is 0. The molecule has 2 N–H and O–H groups in total. The third-order valence-corrected chi connectivity index (χ3v) is 3.83. The maximum Gasteiger partial charge on any atom is 0.274 e. The van der Waals surface area contributed by atoms with Crippen LogP contribution in [-0.2, 0) is 6.42 Å². The summed E-state index contributed by atoms with van der Waals surface area (Å²) in [4.78, 5) is 16.7. The Morgan fingerprint density at radius 2 is 2.04 bits per heavy atom. The largest absolute Gasteiger partial charge is 0.385 e. The fourth-order valence-corrected chi connectivity index (χ4v) is 2.45. The molecule has 2 aromatic rings. The Morgan fingerprint density at radius 3 is 2.78 bits per heavy atom. The van der Waals surface area contributed by atoms with Crippen LogP contribution in [0.5, 0.6) is 0 Å². The SMILES string of the molecule is CCCCNc1ccnc(C(=O)Nc2c(C)cccc2CC)c1. The normalized spacial score (nSPS) is 10.4. The van der Waals surface area contributed by atoms with Gasteiger partial charge in [-0.15, -0.1) is 0 Å². The zero-order valence-corrected chi connectivity index (χ0v) is 14.1. The van der Waals surface area contributed by atoms with Crippen molar-refractivity contribution >= 4 is 17.3 Å². The van der Waals surface area contributed by atoms with E-state index in [4.69, 9.17) is 0 Å². The molecule has 1 aromatic carbocycles. The smallest absolute Gasteiger partial charge is 0.274 e. The molecule has 0 aliphatic rings. The van der Waals surface area contributed by atoms with Crippen LogP contribution < -0.4 is 10.6 Å². The summed E-state index contributed by atoms with van der Waals surface area (Å²) in [5.41, 5.74) is 4.45. The molecule has 1 heterocycles. The van der Waals surface area contributed by atoms with E-state index < -0.39 is 0 Å². The van der Waals surface area contributed by atoms with Crippen molar-refractivity contribution in [1.29, 1.82) is 0 Å². The van der Waals surface area contributed by atoms with Crippen molar-refractivity contribution in [3.05, 3.63) is 53.3 Å². The first-order chi connectivity index (χ1) is 11.2. The van der Waals surface area contributed by atoms with Crippen LogP contribution >= 0.6 is 0 Å². The first-order valence-corrected chi connectivity index (χ1v) is 8.25. The molecular weight excluding hydrogens is 286 g/mol. The molecule has 0 saturated heterocycles. The Balaban J connectivity index is 2.14. The number of anilines is 2. The molecule has 0 fully saturated rings. The zero-order chi connectivity index (χ0) is 16.7. The first kappa shape index (κ1) is 17.0. The topological polar surface area (TPSA) is 54.0 Å². The van der Waals surface area contributed by atoms with Crippen molar-refractivity contribution in [3.63, 3.8) is 0 Å². The van der Waals surface area contributed by atoms with Gasteiger partial charge in [-0.3, -0.25) is 9.78 Å². The second kappa shape index (κ2) is 8.32. The van der Waals surface area contributed by atoms with E-state index in [1.165, 1.54) is 0 Å². The molecule has 122 valence electrons. The average Bonchev–Trinajstić information content (AvgIpc) is 2.57. The number of unbranched alkanes of at least 4 members (excludes halogenated alkanes) is 1. The van der Waals surface area contributed by atoms with Crippen LogP contribution in [0.25, 0.3) is 0 Å². The maximum absolute atomic E-state index is 12.5. The third kappa shape index (κ3) is 4.55. The maximum atomic E-state index is 12.5. The van der Waals surface area contributed by atoms with E-state index in [0.717, 1.165) is 48.3 Å². The third-order valence-electron chi connectivity index (χ3n) is 3.83. The van der Waals surface area contributed by atoms with Crippen LogP contribution in [0.2, 0.25) is 0 Å². The lowest BCUT2D eigenvalue weighted by Gasteiger charge is -2.13. The molecule has 23 heavy (non-hydrogen) atoms. The average molecular weight is 311 g/mol. The fraction of sp³-hybridized carbons (Fsp3) is 0.368. The van der Waals surface area contributed by atoms with Crippen molar-refractivity contribution < 1.29 is 4.79 Å². The van der Waals surface area contributed by atoms with Gasteiger partial charge in [-0.1, -0.05) is 38.5 Å². The molecular formula is C19H25N3O. The molecule has 1 aromatic heterocycles. The number of hydrogen-bond acceptors (Lipinski definition) is 3. The quantitative estimate of drug-likeness (QED) is 0.744. The number of carbonyl (C=O) groups excluding carboxylic acids is 1. The number of benzene rings is 1. The lowest BCUT2D eigenvalue weighted by atomic mass is 10.1. The summed E-state index contributed by atoms with van der Waals surface area (Å²) in [6, 6.07) is 9.75. The molecule has 0 radical (unpaired) electrons. The van der Waals surface area contributed by atoms with Crippen LogP contribution in [0.4, 0.5) is 11.4 Å². The van der Waals surface area contributed by atoms with Gasteiger partial charge in [-0.25, -0.2) is 0 Å². The van der Waals surface area contributed by atoms with Crippen LogP contribution in [0.1, 0.15) is 48.3 Å². The van der Waals surface area contributed by atoms with Crippen molar-refractivity contribution in [1.82, 2.24) is 4.98 Å². The lowest BCUT2D eigenvalue weighted by molar-refractivity contribution is 0.102. The van der Waals surface area contributed by atoms with Gasteiger partial charge in [0, 0.05) is 24.1 Å². The molecule has 2 rings (SSSR count). The minimum Gasteiger partial charge on any atom is -0.385 e. The Bertz CT molecular complexity index is 667. The van der Waals surface area contributed by atoms with Crippen LogP contribution in [0.15, 0.2) is 36.5 Å². The number of nitrogens with zero attached hydrogens (tertiary/aromatic N) is 1. The Kier molecular flexibility index (Phi) is 6.15. The second-order valence-electron chi connectivity index (χ2n) is 5.63. The molecule has 0 spiro atoms. The predicted octanol–water partition coefficient (Wildman–Crippen LogP) is 4.42. The number of amides is 1. The van der Waals surface area contributed by atoms with E-state index in [-0.39, 0.29) is 5.91 Å². The van der Waals surface area contributed by atoms with Crippen LogP contribution in [0.3, 0.4) is 0 Å². The monoisotopic (exact) mass is 311 g/mol. The van der Waals surface area contributed by atoms with Gasteiger partial charge >= 0.3 is 0 Å². The van der Waals surface area contributed by atoms with Gasteiger partial charge in [-0.05, 0) is 43.0 Å². The highest BCUT2D eigenvalue weighted by atomic mass is 16.1. The van der Waals surface area contributed by atoms with Gasteiger partial charge in [0.05, 0.1) is 0 Å². The number of carbonyl (C=O) groups is 1. The van der Waals surface area contributed by atoms with Crippen molar-refractivity contribution in [2.75, 3.05) is 17.2 Å². The Morgan fingerprint density at radius 1 is 1.22 bits per heavy atom. The molecule has 1 amide bonds. The summed E-state index contributed by atoms with van der Waals surface area (Å²) >= 11 is 0. The predicted molar refractivity (Wildman–Crippen MR) is 96.1 cm³/mol. The minimum absolute atomic E-state index is 0.173. The van der Waals surface area contributed by atoms with E-state index in [0.29, 0.717) is 5.69 Å². The van der Waals surface area contributed by atoms with Gasteiger partial charge in [0.25, 0.3) is 5.91 Å². The highest BCUT2D eigenvalue weighted by Crippen LogP contribution is 2.22. The minimum atomic E-state index is -0.173. The van der Waals surface area contributed by atoms with Gasteiger partial charge in [0.2, 0.25) is 0 Å². The van der Waals surface area contributed by atoms with Crippen molar-refractivity contribution in [2.45, 2.75) is 40.0 Å². The van der Waals surface area contributed by atoms with Gasteiger partial charge in [0.15, 0.2) is 0 Å². The lowest BCUT2D eigenvalue weighted by Crippen LogP contribution is -2.16. The number of pyridine rings is 1. The molecule has 4 nitrogen and oxygen atoms in total. The number of rotatable bonds is 7. The Hall–Kier alpha value is -2.36. The Labute approximate surface area is 138 Å². The van der Waals surface area contributed by atoms with E-state index in [1.807, 2.05) is 31.2 Å². The molecule has 0 aliphatic carbocycles. The summed E-state index contributed by atoms with van der Waals surface area (Å²) in [7, 11) is 0. The van der Waals surface area contributed by atoms with E-state index in [2.05, 4.69) is 29.5 Å². The van der Waals surface area contributed by atoms with Crippen LogP contribution in [0, 0.1) is 6.92 Å². The van der Waals surface area contributed by atoms with Crippen molar-refractivity contribution in [3.8, 4) is 0 Å². The highest BCUT2D eigenvalue weighted by molar-refractivity contribution is 6.04. The first-order valence-electron chi connectivity index (χ1n) is 8.25. The van der Waals surface area contributed by atoms with E-state index in [1.54, 1.807) is 12.3 Å². The standard InChI is InChI=1S/C19H25N3O/c1-4-6-11-20-16-10-12-21-17(13-16)19(23)22-18-14(3)8-7-9-15(18)5-2/h7-10,12-13H,4-6,11H2,1-3H3,(H,20,21)(H,22,23).